The minimum Gasteiger partial charge on any atom is -0.454 e. The van der Waals surface area contributed by atoms with Crippen LogP contribution in [0, 0.1) is 13.8 Å². The highest BCUT2D eigenvalue weighted by atomic mass is 16.7. The van der Waals surface area contributed by atoms with Crippen LogP contribution in [-0.2, 0) is 0 Å². The number of aromatic nitrogens is 2. The Morgan fingerprint density at radius 1 is 1.17 bits per heavy atom. The summed E-state index contributed by atoms with van der Waals surface area (Å²) in [5.41, 5.74) is 3.73. The maximum atomic E-state index is 12.7. The van der Waals surface area contributed by atoms with Gasteiger partial charge >= 0.3 is 0 Å². The summed E-state index contributed by atoms with van der Waals surface area (Å²) < 4.78 is 12.4. The van der Waals surface area contributed by atoms with Crippen LogP contribution in [0.15, 0.2) is 36.5 Å². The molecule has 0 bridgehead atoms. The summed E-state index contributed by atoms with van der Waals surface area (Å²) in [6, 6.07) is 9.22. The number of nitrogens with zero attached hydrogens (tertiary/aromatic N) is 2. The molecule has 3 heterocycles. The van der Waals surface area contributed by atoms with Gasteiger partial charge in [-0.15, -0.1) is 0 Å². The molecule has 6 nitrogen and oxygen atoms in total. The molecule has 1 aliphatic heterocycles. The molecule has 0 atom stereocenters. The number of anilines is 1. The molecule has 23 heavy (non-hydrogen) atoms. The Kier molecular flexibility index (Phi) is 2.97. The Balaban J connectivity index is 1.68. The van der Waals surface area contributed by atoms with Gasteiger partial charge in [-0.05, 0) is 43.7 Å². The molecule has 6 heteroatoms. The van der Waals surface area contributed by atoms with Gasteiger partial charge < -0.3 is 14.8 Å². The van der Waals surface area contributed by atoms with Crippen LogP contribution in [0.25, 0.3) is 5.65 Å². The molecule has 0 aliphatic carbocycles. The van der Waals surface area contributed by atoms with E-state index in [4.69, 9.17) is 9.47 Å². The first kappa shape index (κ1) is 13.6. The molecule has 0 unspecified atom stereocenters. The Labute approximate surface area is 132 Å². The van der Waals surface area contributed by atoms with Crippen molar-refractivity contribution < 1.29 is 14.3 Å². The van der Waals surface area contributed by atoms with Gasteiger partial charge in [-0.1, -0.05) is 0 Å². The van der Waals surface area contributed by atoms with Crippen molar-refractivity contribution in [3.05, 3.63) is 53.5 Å². The SMILES string of the molecule is Cc1ccn2c(C(=O)Nc3ccc4c(c3)OCO4)c(C)nc2c1. The maximum absolute atomic E-state index is 12.7. The average molecular weight is 309 g/mol. The van der Waals surface area contributed by atoms with Gasteiger partial charge in [-0.25, -0.2) is 4.98 Å². The molecule has 1 aromatic carbocycles. The number of hydrogen-bond donors (Lipinski definition) is 1. The van der Waals surface area contributed by atoms with E-state index in [9.17, 15) is 4.79 Å². The summed E-state index contributed by atoms with van der Waals surface area (Å²) in [5.74, 6) is 1.11. The zero-order valence-electron chi connectivity index (χ0n) is 12.8. The Bertz CT molecular complexity index is 930. The lowest BCUT2D eigenvalue weighted by molar-refractivity contribution is 0.102. The molecule has 0 fully saturated rings. The van der Waals surface area contributed by atoms with E-state index in [2.05, 4.69) is 10.3 Å². The Morgan fingerprint density at radius 3 is 2.87 bits per heavy atom. The fourth-order valence-electron chi connectivity index (χ4n) is 2.70. The fraction of sp³-hybridized carbons (Fsp3) is 0.176. The Hall–Kier alpha value is -3.02. The van der Waals surface area contributed by atoms with Crippen LogP contribution in [0.5, 0.6) is 11.5 Å². The van der Waals surface area contributed by atoms with Crippen molar-refractivity contribution >= 4 is 17.2 Å². The van der Waals surface area contributed by atoms with E-state index >= 15 is 0 Å². The van der Waals surface area contributed by atoms with E-state index in [0.717, 1.165) is 11.2 Å². The zero-order chi connectivity index (χ0) is 16.0. The largest absolute Gasteiger partial charge is 0.454 e. The highest BCUT2D eigenvalue weighted by molar-refractivity contribution is 6.04. The summed E-state index contributed by atoms with van der Waals surface area (Å²) in [5, 5.41) is 2.89. The van der Waals surface area contributed by atoms with Gasteiger partial charge in [-0.3, -0.25) is 9.20 Å². The third-order valence-electron chi connectivity index (χ3n) is 3.80. The third kappa shape index (κ3) is 2.28. The van der Waals surface area contributed by atoms with E-state index in [1.165, 1.54) is 0 Å². The second-order valence-corrected chi connectivity index (χ2v) is 5.50. The van der Waals surface area contributed by atoms with E-state index < -0.39 is 0 Å². The average Bonchev–Trinajstić information content (AvgIpc) is 3.09. The summed E-state index contributed by atoms with van der Waals surface area (Å²) in [4.78, 5) is 17.1. The van der Waals surface area contributed by atoms with Crippen LogP contribution in [0.4, 0.5) is 5.69 Å². The number of rotatable bonds is 2. The number of aryl methyl sites for hydroxylation is 2. The molecule has 0 saturated heterocycles. The second-order valence-electron chi connectivity index (χ2n) is 5.50. The third-order valence-corrected chi connectivity index (χ3v) is 3.80. The van der Waals surface area contributed by atoms with E-state index in [0.29, 0.717) is 28.6 Å². The minimum atomic E-state index is -0.210. The van der Waals surface area contributed by atoms with Gasteiger partial charge in [0.15, 0.2) is 11.5 Å². The van der Waals surface area contributed by atoms with Crippen LogP contribution in [0.3, 0.4) is 0 Å². The quantitative estimate of drug-likeness (QED) is 0.790. The van der Waals surface area contributed by atoms with E-state index in [1.54, 1.807) is 22.6 Å². The predicted molar refractivity (Wildman–Crippen MR) is 85.2 cm³/mol. The molecule has 1 N–H and O–H groups in total. The molecule has 116 valence electrons. The molecule has 1 amide bonds. The number of nitrogens with one attached hydrogen (secondary N) is 1. The molecule has 1 aliphatic rings. The standard InChI is InChI=1S/C17H15N3O3/c1-10-5-6-20-15(7-10)18-11(2)16(20)17(21)19-12-3-4-13-14(8-12)23-9-22-13/h3-8H,9H2,1-2H3,(H,19,21). The van der Waals surface area contributed by atoms with Crippen LogP contribution >= 0.6 is 0 Å². The van der Waals surface area contributed by atoms with Crippen molar-refractivity contribution in [3.63, 3.8) is 0 Å². The number of carbonyl (C=O) groups excluding carboxylic acids is 1. The first-order valence-corrected chi connectivity index (χ1v) is 7.28. The van der Waals surface area contributed by atoms with E-state index in [1.807, 2.05) is 32.2 Å². The number of amides is 1. The predicted octanol–water partition coefficient (Wildman–Crippen LogP) is 2.93. The van der Waals surface area contributed by atoms with Gasteiger partial charge in [-0.2, -0.15) is 0 Å². The van der Waals surface area contributed by atoms with Crippen LogP contribution < -0.4 is 14.8 Å². The smallest absolute Gasteiger partial charge is 0.274 e. The highest BCUT2D eigenvalue weighted by Gasteiger charge is 2.18. The van der Waals surface area contributed by atoms with Crippen molar-refractivity contribution in [2.45, 2.75) is 13.8 Å². The molecular formula is C17H15N3O3. The highest BCUT2D eigenvalue weighted by Crippen LogP contribution is 2.34. The monoisotopic (exact) mass is 309 g/mol. The van der Waals surface area contributed by atoms with Gasteiger partial charge in [0.05, 0.1) is 5.69 Å². The Morgan fingerprint density at radius 2 is 2.00 bits per heavy atom. The van der Waals surface area contributed by atoms with Gasteiger partial charge in [0, 0.05) is 18.0 Å². The summed E-state index contributed by atoms with van der Waals surface area (Å²) in [6.45, 7) is 4.03. The maximum Gasteiger partial charge on any atom is 0.274 e. The number of benzene rings is 1. The van der Waals surface area contributed by atoms with Gasteiger partial charge in [0.25, 0.3) is 5.91 Å². The first-order chi connectivity index (χ1) is 11.1. The first-order valence-electron chi connectivity index (χ1n) is 7.28. The lowest BCUT2D eigenvalue weighted by atomic mass is 10.2. The molecule has 0 saturated carbocycles. The topological polar surface area (TPSA) is 64.9 Å². The molecular weight excluding hydrogens is 294 g/mol. The van der Waals surface area contributed by atoms with Crippen molar-refractivity contribution in [2.75, 3.05) is 12.1 Å². The van der Waals surface area contributed by atoms with Crippen molar-refractivity contribution in [2.24, 2.45) is 0 Å². The fourth-order valence-corrected chi connectivity index (χ4v) is 2.70. The molecule has 4 rings (SSSR count). The van der Waals surface area contributed by atoms with Crippen molar-refractivity contribution in [3.8, 4) is 11.5 Å². The number of pyridine rings is 1. The van der Waals surface area contributed by atoms with Crippen LogP contribution in [0.2, 0.25) is 0 Å². The number of hydrogen-bond acceptors (Lipinski definition) is 4. The van der Waals surface area contributed by atoms with Crippen molar-refractivity contribution in [1.29, 1.82) is 0 Å². The molecule has 0 radical (unpaired) electrons. The van der Waals surface area contributed by atoms with Gasteiger partial charge in [0.2, 0.25) is 6.79 Å². The summed E-state index contributed by atoms with van der Waals surface area (Å²) >= 11 is 0. The number of imidazole rings is 1. The number of carbonyl (C=O) groups is 1. The normalized spacial score (nSPS) is 12.6. The minimum absolute atomic E-state index is 0.207. The van der Waals surface area contributed by atoms with Gasteiger partial charge in [0.1, 0.15) is 11.3 Å². The van der Waals surface area contributed by atoms with Crippen molar-refractivity contribution in [1.82, 2.24) is 9.38 Å². The number of fused-ring (bicyclic) bond motifs is 2. The van der Waals surface area contributed by atoms with Crippen LogP contribution in [0.1, 0.15) is 21.7 Å². The molecule has 3 aromatic rings. The summed E-state index contributed by atoms with van der Waals surface area (Å²) in [6.07, 6.45) is 1.86. The lowest BCUT2D eigenvalue weighted by Gasteiger charge is -2.07. The molecule has 2 aromatic heterocycles. The summed E-state index contributed by atoms with van der Waals surface area (Å²) in [7, 11) is 0. The lowest BCUT2D eigenvalue weighted by Crippen LogP contribution is -2.15. The van der Waals surface area contributed by atoms with E-state index in [-0.39, 0.29) is 12.7 Å². The zero-order valence-corrected chi connectivity index (χ0v) is 12.8. The van der Waals surface area contributed by atoms with Crippen LogP contribution in [-0.4, -0.2) is 22.1 Å². The second kappa shape index (κ2) is 5.01. The molecule has 0 spiro atoms. The number of ether oxygens (including phenoxy) is 2.